The van der Waals surface area contributed by atoms with Crippen LogP contribution in [0.15, 0.2) is 0 Å². The fourth-order valence-corrected chi connectivity index (χ4v) is 0.446. The molecule has 0 fully saturated rings. The van der Waals surface area contributed by atoms with Gasteiger partial charge in [-0.1, -0.05) is 5.92 Å². The van der Waals surface area contributed by atoms with E-state index < -0.39 is 18.4 Å². The number of rotatable bonds is 4. The summed E-state index contributed by atoms with van der Waals surface area (Å²) in [5.74, 6) is -0.888. The number of carbonyl (C=O) groups is 1. The topological polar surface area (TPSA) is 49.3 Å². The summed E-state index contributed by atoms with van der Waals surface area (Å²) >= 11 is 0. The fourth-order valence-electron chi connectivity index (χ4n) is 0.446. The molecule has 0 heterocycles. The van der Waals surface area contributed by atoms with E-state index in [2.05, 4.69) is 17.2 Å². The lowest BCUT2D eigenvalue weighted by atomic mass is 10.3. The van der Waals surface area contributed by atoms with Gasteiger partial charge in [0.2, 0.25) is 0 Å². The molecule has 3 nitrogen and oxygen atoms in total. The summed E-state index contributed by atoms with van der Waals surface area (Å²) in [6, 6.07) is 0. The zero-order valence-corrected chi connectivity index (χ0v) is 6.53. The Kier molecular flexibility index (Phi) is 4.22. The van der Waals surface area contributed by atoms with E-state index in [1.165, 1.54) is 0 Å². The molecule has 0 spiro atoms. The summed E-state index contributed by atoms with van der Waals surface area (Å²) in [6.45, 7) is 0.743. The fraction of sp³-hybridized carbons (Fsp3) is 0.571. The monoisotopic (exact) mass is 177 g/mol. The van der Waals surface area contributed by atoms with Gasteiger partial charge in [-0.05, 0) is 6.92 Å². The first-order chi connectivity index (χ1) is 5.50. The van der Waals surface area contributed by atoms with Gasteiger partial charge in [0.05, 0.1) is 13.1 Å². The van der Waals surface area contributed by atoms with Crippen LogP contribution in [0.5, 0.6) is 0 Å². The molecule has 5 heteroatoms. The highest BCUT2D eigenvalue weighted by molar-refractivity contribution is 5.75. The molecular formula is C7H9F2NO2. The molecule has 0 aliphatic carbocycles. The van der Waals surface area contributed by atoms with E-state index in [0.717, 1.165) is 0 Å². The van der Waals surface area contributed by atoms with Crippen LogP contribution < -0.4 is 5.32 Å². The van der Waals surface area contributed by atoms with Crippen LogP contribution in [0.4, 0.5) is 8.78 Å². The first kappa shape index (κ1) is 10.8. The van der Waals surface area contributed by atoms with E-state index >= 15 is 0 Å². The Morgan fingerprint density at radius 2 is 2.25 bits per heavy atom. The minimum absolute atomic E-state index is 0.0688. The van der Waals surface area contributed by atoms with Gasteiger partial charge in [-0.15, -0.1) is 5.92 Å². The summed E-state index contributed by atoms with van der Waals surface area (Å²) in [5, 5.41) is 10.2. The maximum Gasteiger partial charge on any atom is 0.375 e. The molecule has 0 aliphatic rings. The third-order valence-electron chi connectivity index (χ3n) is 1.05. The molecule has 0 atom stereocenters. The number of aliphatic carboxylic acids is 1. The van der Waals surface area contributed by atoms with Gasteiger partial charge >= 0.3 is 11.9 Å². The van der Waals surface area contributed by atoms with E-state index in [9.17, 15) is 13.6 Å². The lowest BCUT2D eigenvalue weighted by Crippen LogP contribution is -2.39. The summed E-state index contributed by atoms with van der Waals surface area (Å²) in [7, 11) is 0. The Hall–Kier alpha value is -1.15. The van der Waals surface area contributed by atoms with Crippen molar-refractivity contribution in [3.63, 3.8) is 0 Å². The molecule has 0 rings (SSSR count). The van der Waals surface area contributed by atoms with Crippen LogP contribution in [0, 0.1) is 11.8 Å². The van der Waals surface area contributed by atoms with E-state index in [1.807, 2.05) is 0 Å². The largest absolute Gasteiger partial charge is 0.477 e. The molecule has 68 valence electrons. The number of carboxylic acid groups (broad SMARTS) is 1. The van der Waals surface area contributed by atoms with Crippen molar-refractivity contribution in [2.45, 2.75) is 12.8 Å². The molecule has 0 saturated heterocycles. The second kappa shape index (κ2) is 4.67. The molecule has 0 radical (unpaired) electrons. The molecule has 0 aromatic rings. The number of alkyl halides is 2. The van der Waals surface area contributed by atoms with Crippen LogP contribution in [0.1, 0.15) is 6.92 Å². The molecule has 12 heavy (non-hydrogen) atoms. The van der Waals surface area contributed by atoms with Gasteiger partial charge in [-0.3, -0.25) is 5.32 Å². The van der Waals surface area contributed by atoms with Crippen molar-refractivity contribution in [2.24, 2.45) is 0 Å². The zero-order valence-electron chi connectivity index (χ0n) is 6.53. The quantitative estimate of drug-likeness (QED) is 0.480. The molecule has 0 amide bonds. The van der Waals surface area contributed by atoms with Gasteiger partial charge < -0.3 is 5.11 Å². The highest BCUT2D eigenvalue weighted by Gasteiger charge is 2.37. The Labute approximate surface area is 68.8 Å². The van der Waals surface area contributed by atoms with E-state index in [1.54, 1.807) is 6.92 Å². The molecule has 0 aliphatic heterocycles. The highest BCUT2D eigenvalue weighted by atomic mass is 19.3. The minimum atomic E-state index is -3.71. The second-order valence-corrected chi connectivity index (χ2v) is 2.04. The van der Waals surface area contributed by atoms with Crippen molar-refractivity contribution in [1.82, 2.24) is 5.32 Å². The van der Waals surface area contributed by atoms with Gasteiger partial charge in [-0.2, -0.15) is 8.78 Å². The van der Waals surface area contributed by atoms with Gasteiger partial charge in [0, 0.05) is 0 Å². The van der Waals surface area contributed by atoms with Gasteiger partial charge in [-0.25, -0.2) is 4.79 Å². The normalized spacial score (nSPS) is 10.2. The Bertz CT molecular complexity index is 217. The SMILES string of the molecule is CC#CCNCC(F)(F)C(=O)O. The van der Waals surface area contributed by atoms with Gasteiger partial charge in [0.15, 0.2) is 0 Å². The predicted molar refractivity (Wildman–Crippen MR) is 38.9 cm³/mol. The molecule has 0 unspecified atom stereocenters. The summed E-state index contributed by atoms with van der Waals surface area (Å²) in [4.78, 5) is 9.86. The minimum Gasteiger partial charge on any atom is -0.477 e. The average molecular weight is 177 g/mol. The molecule has 0 bridgehead atoms. The van der Waals surface area contributed by atoms with E-state index in [4.69, 9.17) is 5.11 Å². The molecule has 0 saturated carbocycles. The molecular weight excluding hydrogens is 168 g/mol. The van der Waals surface area contributed by atoms with Crippen LogP contribution in [0.2, 0.25) is 0 Å². The maximum absolute atomic E-state index is 12.3. The molecule has 2 N–H and O–H groups in total. The first-order valence-electron chi connectivity index (χ1n) is 3.22. The number of nitrogens with one attached hydrogen (secondary N) is 1. The van der Waals surface area contributed by atoms with Crippen molar-refractivity contribution >= 4 is 5.97 Å². The van der Waals surface area contributed by atoms with E-state index in [-0.39, 0.29) is 6.54 Å². The Morgan fingerprint density at radius 1 is 1.67 bits per heavy atom. The third-order valence-corrected chi connectivity index (χ3v) is 1.05. The van der Waals surface area contributed by atoms with Crippen molar-refractivity contribution in [1.29, 1.82) is 0 Å². The summed E-state index contributed by atoms with van der Waals surface area (Å²) in [5.41, 5.74) is 0. The highest BCUT2D eigenvalue weighted by Crippen LogP contribution is 2.10. The average Bonchev–Trinajstić information content (AvgIpc) is 1.98. The summed E-state index contributed by atoms with van der Waals surface area (Å²) in [6.07, 6.45) is 0. The van der Waals surface area contributed by atoms with Crippen molar-refractivity contribution in [3.8, 4) is 11.8 Å². The van der Waals surface area contributed by atoms with Crippen LogP contribution in [-0.2, 0) is 4.79 Å². The standard InChI is InChI=1S/C7H9F2NO2/c1-2-3-4-10-5-7(8,9)6(11)12/h10H,4-5H2,1H3,(H,11,12). The first-order valence-corrected chi connectivity index (χ1v) is 3.22. The lowest BCUT2D eigenvalue weighted by Gasteiger charge is -2.09. The van der Waals surface area contributed by atoms with Crippen LogP contribution in [-0.4, -0.2) is 30.1 Å². The van der Waals surface area contributed by atoms with Gasteiger partial charge in [0.1, 0.15) is 0 Å². The number of hydrogen-bond acceptors (Lipinski definition) is 2. The maximum atomic E-state index is 12.3. The Balaban J connectivity index is 3.74. The Morgan fingerprint density at radius 3 is 2.67 bits per heavy atom. The number of carboxylic acids is 1. The van der Waals surface area contributed by atoms with Gasteiger partial charge in [0.25, 0.3) is 0 Å². The smallest absolute Gasteiger partial charge is 0.375 e. The van der Waals surface area contributed by atoms with Crippen molar-refractivity contribution in [3.05, 3.63) is 0 Å². The predicted octanol–water partition coefficient (Wildman–Crippen LogP) is 0.319. The number of halogens is 2. The lowest BCUT2D eigenvalue weighted by molar-refractivity contribution is -0.163. The number of hydrogen-bond donors (Lipinski definition) is 2. The van der Waals surface area contributed by atoms with Crippen molar-refractivity contribution < 1.29 is 18.7 Å². The second-order valence-electron chi connectivity index (χ2n) is 2.04. The zero-order chi connectivity index (χ0) is 9.61. The van der Waals surface area contributed by atoms with Crippen LogP contribution in [0.25, 0.3) is 0 Å². The molecule has 0 aromatic carbocycles. The third kappa shape index (κ3) is 3.88. The van der Waals surface area contributed by atoms with Crippen LogP contribution >= 0.6 is 0 Å². The van der Waals surface area contributed by atoms with Crippen LogP contribution in [0.3, 0.4) is 0 Å². The van der Waals surface area contributed by atoms with Crippen molar-refractivity contribution in [2.75, 3.05) is 13.1 Å². The van der Waals surface area contributed by atoms with E-state index in [0.29, 0.717) is 0 Å². The molecule has 0 aromatic heterocycles. The summed E-state index contributed by atoms with van der Waals surface area (Å²) < 4.78 is 24.5.